The van der Waals surface area contributed by atoms with Crippen LogP contribution >= 0.6 is 15.9 Å². The van der Waals surface area contributed by atoms with Crippen molar-refractivity contribution in [2.24, 2.45) is 0 Å². The number of carboxylic acid groups (broad SMARTS) is 1. The molecule has 1 aromatic rings. The van der Waals surface area contributed by atoms with Crippen molar-refractivity contribution in [1.29, 1.82) is 0 Å². The molecule has 0 unspecified atom stereocenters. The summed E-state index contributed by atoms with van der Waals surface area (Å²) < 4.78 is 7.43. The number of rotatable bonds is 5. The van der Waals surface area contributed by atoms with E-state index in [0.29, 0.717) is 19.4 Å². The number of carboxylic acids is 1. The maximum absolute atomic E-state index is 12.0. The zero-order valence-corrected chi connectivity index (χ0v) is 17.7. The molecule has 4 nitrogen and oxygen atoms in total. The largest absolute Gasteiger partial charge is 0.480 e. The minimum Gasteiger partial charge on any atom is -0.480 e. The SMILES string of the molecule is CC(C)(C)[Si](C)(C)O[C@H]1CN[C@](Cc2ccc(Br)cc2)(C(=O)O)C1. The first-order chi connectivity index (χ1) is 11.0. The predicted molar refractivity (Wildman–Crippen MR) is 103 cm³/mol. The van der Waals surface area contributed by atoms with Crippen LogP contribution < -0.4 is 5.32 Å². The average molecular weight is 414 g/mol. The Kier molecular flexibility index (Phi) is 5.64. The van der Waals surface area contributed by atoms with Crippen LogP contribution in [0.1, 0.15) is 32.8 Å². The van der Waals surface area contributed by atoms with E-state index in [2.05, 4.69) is 55.1 Å². The predicted octanol–water partition coefficient (Wildman–Crippen LogP) is 4.20. The number of halogens is 1. The summed E-state index contributed by atoms with van der Waals surface area (Å²) >= 11 is 3.41. The van der Waals surface area contributed by atoms with Crippen molar-refractivity contribution < 1.29 is 14.3 Å². The van der Waals surface area contributed by atoms with Gasteiger partial charge in [0.2, 0.25) is 0 Å². The summed E-state index contributed by atoms with van der Waals surface area (Å²) in [5, 5.41) is 13.2. The number of benzene rings is 1. The Hall–Kier alpha value is -0.693. The molecule has 0 saturated carbocycles. The molecule has 2 rings (SSSR count). The van der Waals surface area contributed by atoms with Gasteiger partial charge < -0.3 is 9.53 Å². The van der Waals surface area contributed by atoms with Crippen LogP contribution in [0.5, 0.6) is 0 Å². The van der Waals surface area contributed by atoms with Gasteiger partial charge in [0, 0.05) is 23.9 Å². The Balaban J connectivity index is 2.13. The first-order valence-electron chi connectivity index (χ1n) is 8.36. The topological polar surface area (TPSA) is 58.6 Å². The lowest BCUT2D eigenvalue weighted by Gasteiger charge is -2.38. The Bertz CT molecular complexity index is 597. The van der Waals surface area contributed by atoms with Crippen LogP contribution in [0, 0.1) is 0 Å². The smallest absolute Gasteiger partial charge is 0.324 e. The third-order valence-corrected chi connectivity index (χ3v) is 10.4. The highest BCUT2D eigenvalue weighted by molar-refractivity contribution is 9.10. The van der Waals surface area contributed by atoms with Crippen LogP contribution in [0.2, 0.25) is 18.1 Å². The lowest BCUT2D eigenvalue weighted by Crippen LogP contribution is -2.49. The van der Waals surface area contributed by atoms with E-state index in [1.807, 2.05) is 24.3 Å². The van der Waals surface area contributed by atoms with Gasteiger partial charge >= 0.3 is 5.97 Å². The van der Waals surface area contributed by atoms with Crippen molar-refractivity contribution >= 4 is 30.2 Å². The van der Waals surface area contributed by atoms with Gasteiger partial charge in [-0.05, 0) is 35.8 Å². The molecule has 1 fully saturated rings. The molecule has 1 aromatic carbocycles. The minimum absolute atomic E-state index is 0.0440. The van der Waals surface area contributed by atoms with Gasteiger partial charge in [-0.2, -0.15) is 0 Å². The molecule has 0 bridgehead atoms. The third kappa shape index (κ3) is 4.28. The molecule has 24 heavy (non-hydrogen) atoms. The zero-order valence-electron chi connectivity index (χ0n) is 15.1. The van der Waals surface area contributed by atoms with Crippen LogP contribution in [0.15, 0.2) is 28.7 Å². The fourth-order valence-corrected chi connectivity index (χ4v) is 4.46. The fourth-order valence-electron chi connectivity index (χ4n) is 2.84. The number of hydrogen-bond acceptors (Lipinski definition) is 3. The Morgan fingerprint density at radius 2 is 1.96 bits per heavy atom. The lowest BCUT2D eigenvalue weighted by atomic mass is 9.89. The van der Waals surface area contributed by atoms with E-state index in [1.165, 1.54) is 0 Å². The number of carbonyl (C=O) groups is 1. The second kappa shape index (κ2) is 6.90. The molecule has 0 spiro atoms. The quantitative estimate of drug-likeness (QED) is 0.709. The van der Waals surface area contributed by atoms with Gasteiger partial charge in [0.25, 0.3) is 0 Å². The highest BCUT2D eigenvalue weighted by Gasteiger charge is 2.48. The summed E-state index contributed by atoms with van der Waals surface area (Å²) in [7, 11) is -1.91. The summed E-state index contributed by atoms with van der Waals surface area (Å²) in [6.45, 7) is 11.6. The van der Waals surface area contributed by atoms with Crippen molar-refractivity contribution in [2.45, 2.75) is 63.4 Å². The van der Waals surface area contributed by atoms with Crippen LogP contribution in [0.4, 0.5) is 0 Å². The molecule has 0 aromatic heterocycles. The van der Waals surface area contributed by atoms with Crippen LogP contribution in [0.25, 0.3) is 0 Å². The lowest BCUT2D eigenvalue weighted by molar-refractivity contribution is -0.144. The Labute approximate surface area is 154 Å². The third-order valence-electron chi connectivity index (χ3n) is 5.34. The summed E-state index contributed by atoms with van der Waals surface area (Å²) in [5.74, 6) is -0.799. The van der Waals surface area contributed by atoms with E-state index in [9.17, 15) is 9.90 Å². The van der Waals surface area contributed by atoms with Gasteiger partial charge in [-0.3, -0.25) is 10.1 Å². The molecule has 0 amide bonds. The van der Waals surface area contributed by atoms with Gasteiger partial charge in [0.1, 0.15) is 5.54 Å². The first-order valence-corrected chi connectivity index (χ1v) is 12.1. The van der Waals surface area contributed by atoms with Crippen molar-refractivity contribution in [1.82, 2.24) is 5.32 Å². The van der Waals surface area contributed by atoms with Crippen molar-refractivity contribution in [3.05, 3.63) is 34.3 Å². The standard InChI is InChI=1S/C18H28BrNO3Si/c1-17(2,3)24(4,5)23-15-11-18(16(21)22,20-12-15)10-13-6-8-14(19)9-7-13/h6-9,15,20H,10-12H2,1-5H3,(H,21,22)/t15-,18+/m1/s1. The summed E-state index contributed by atoms with van der Waals surface area (Å²) in [6, 6.07) is 7.84. The summed E-state index contributed by atoms with van der Waals surface area (Å²) in [4.78, 5) is 12.0. The van der Waals surface area contributed by atoms with E-state index >= 15 is 0 Å². The van der Waals surface area contributed by atoms with Crippen molar-refractivity contribution in [3.8, 4) is 0 Å². The van der Waals surface area contributed by atoms with E-state index in [-0.39, 0.29) is 11.1 Å². The van der Waals surface area contributed by atoms with Crippen LogP contribution in [0.3, 0.4) is 0 Å². The highest BCUT2D eigenvalue weighted by atomic mass is 79.9. The molecule has 1 aliphatic heterocycles. The molecule has 134 valence electrons. The highest BCUT2D eigenvalue weighted by Crippen LogP contribution is 2.39. The van der Waals surface area contributed by atoms with Gasteiger partial charge in [0.15, 0.2) is 8.32 Å². The summed E-state index contributed by atoms with van der Waals surface area (Å²) in [5.41, 5.74) is 0.0713. The average Bonchev–Trinajstić information content (AvgIpc) is 2.84. The number of nitrogens with one attached hydrogen (secondary N) is 1. The Morgan fingerprint density at radius 1 is 1.38 bits per heavy atom. The zero-order chi connectivity index (χ0) is 18.2. The Morgan fingerprint density at radius 3 is 2.46 bits per heavy atom. The molecule has 2 atom stereocenters. The molecule has 2 N–H and O–H groups in total. The molecule has 1 heterocycles. The first kappa shape index (κ1) is 19.6. The van der Waals surface area contributed by atoms with Gasteiger partial charge in [-0.15, -0.1) is 0 Å². The molecule has 1 saturated heterocycles. The van der Waals surface area contributed by atoms with Crippen molar-refractivity contribution in [3.63, 3.8) is 0 Å². The molecular formula is C18H28BrNO3Si. The van der Waals surface area contributed by atoms with E-state index in [1.54, 1.807) is 0 Å². The molecule has 6 heteroatoms. The molecule has 0 aliphatic carbocycles. The van der Waals surface area contributed by atoms with E-state index < -0.39 is 19.8 Å². The van der Waals surface area contributed by atoms with Crippen LogP contribution in [-0.2, 0) is 15.6 Å². The van der Waals surface area contributed by atoms with E-state index in [0.717, 1.165) is 10.0 Å². The van der Waals surface area contributed by atoms with Gasteiger partial charge in [-0.1, -0.05) is 48.8 Å². The molecule has 1 aliphatic rings. The van der Waals surface area contributed by atoms with Gasteiger partial charge in [0.05, 0.1) is 6.10 Å². The number of hydrogen-bond donors (Lipinski definition) is 2. The summed E-state index contributed by atoms with van der Waals surface area (Å²) in [6.07, 6.45) is 0.926. The maximum atomic E-state index is 12.0. The normalized spacial score (nSPS) is 25.0. The minimum atomic E-state index is -1.91. The second-order valence-corrected chi connectivity index (χ2v) is 13.9. The molecule has 0 radical (unpaired) electrons. The maximum Gasteiger partial charge on any atom is 0.324 e. The molecular weight excluding hydrogens is 386 g/mol. The van der Waals surface area contributed by atoms with Crippen LogP contribution in [-0.4, -0.2) is 37.6 Å². The monoisotopic (exact) mass is 413 g/mol. The fraction of sp³-hybridized carbons (Fsp3) is 0.611. The van der Waals surface area contributed by atoms with Gasteiger partial charge in [-0.25, -0.2) is 0 Å². The number of aliphatic carboxylic acids is 1. The van der Waals surface area contributed by atoms with Crippen molar-refractivity contribution in [2.75, 3.05) is 6.54 Å². The van der Waals surface area contributed by atoms with E-state index in [4.69, 9.17) is 4.43 Å². The second-order valence-electron chi connectivity index (χ2n) is 8.28.